The van der Waals surface area contributed by atoms with Crippen molar-refractivity contribution in [2.24, 2.45) is 0 Å². The number of nitrogens with zero attached hydrogens (tertiary/aromatic N) is 4. The van der Waals surface area contributed by atoms with E-state index >= 15 is 0 Å². The Hall–Kier alpha value is -3.74. The van der Waals surface area contributed by atoms with E-state index in [4.69, 9.17) is 9.47 Å². The van der Waals surface area contributed by atoms with E-state index in [1.54, 1.807) is 18.5 Å². The van der Waals surface area contributed by atoms with Gasteiger partial charge in [-0.2, -0.15) is 9.50 Å². The Balaban J connectivity index is 1.94. The van der Waals surface area contributed by atoms with Crippen LogP contribution in [-0.2, 0) is 4.74 Å². The lowest BCUT2D eigenvalue weighted by atomic mass is 10.1. The van der Waals surface area contributed by atoms with Crippen LogP contribution in [0.3, 0.4) is 0 Å². The van der Waals surface area contributed by atoms with Gasteiger partial charge in [-0.05, 0) is 31.2 Å². The van der Waals surface area contributed by atoms with E-state index in [1.807, 2.05) is 54.6 Å². The minimum atomic E-state index is -0.459. The third-order valence-corrected chi connectivity index (χ3v) is 4.26. The van der Waals surface area contributed by atoms with Crippen molar-refractivity contribution >= 4 is 11.7 Å². The number of rotatable bonds is 5. The summed E-state index contributed by atoms with van der Waals surface area (Å²) in [5, 5.41) is 4.61. The monoisotopic (exact) mass is 374 g/mol. The summed E-state index contributed by atoms with van der Waals surface area (Å²) in [5.74, 6) is 1.19. The molecule has 0 saturated heterocycles. The highest BCUT2D eigenvalue weighted by molar-refractivity contribution is 5.96. The van der Waals surface area contributed by atoms with Gasteiger partial charge in [-0.25, -0.2) is 9.78 Å². The molecule has 140 valence electrons. The van der Waals surface area contributed by atoms with Crippen LogP contribution < -0.4 is 4.74 Å². The minimum Gasteiger partial charge on any atom is -0.497 e. The fourth-order valence-electron chi connectivity index (χ4n) is 2.93. The van der Waals surface area contributed by atoms with Crippen molar-refractivity contribution < 1.29 is 14.3 Å². The zero-order valence-corrected chi connectivity index (χ0v) is 15.5. The fourth-order valence-corrected chi connectivity index (χ4v) is 2.93. The second-order valence-electron chi connectivity index (χ2n) is 5.98. The Morgan fingerprint density at radius 3 is 2.46 bits per heavy atom. The van der Waals surface area contributed by atoms with Crippen molar-refractivity contribution in [3.8, 4) is 28.4 Å². The van der Waals surface area contributed by atoms with E-state index in [9.17, 15) is 4.79 Å². The molecule has 2 aromatic heterocycles. The molecular weight excluding hydrogens is 356 g/mol. The van der Waals surface area contributed by atoms with Gasteiger partial charge in [0.05, 0.1) is 19.4 Å². The lowest BCUT2D eigenvalue weighted by molar-refractivity contribution is 0.0526. The van der Waals surface area contributed by atoms with Crippen LogP contribution in [-0.4, -0.2) is 39.3 Å². The molecule has 0 atom stereocenters. The van der Waals surface area contributed by atoms with Crippen molar-refractivity contribution in [2.45, 2.75) is 6.92 Å². The van der Waals surface area contributed by atoms with Gasteiger partial charge in [0.15, 0.2) is 5.82 Å². The standard InChI is InChI=1S/C21H18N4O3/c1-3-28-20(26)17-13-22-21-23-19(15-7-5-4-6-8-15)24-25(21)18(17)14-9-11-16(27-2)12-10-14/h4-13H,3H2,1-2H3. The largest absolute Gasteiger partial charge is 0.497 e. The van der Waals surface area contributed by atoms with E-state index in [0.717, 1.165) is 16.9 Å². The first-order chi connectivity index (χ1) is 13.7. The predicted octanol–water partition coefficient (Wildman–Crippen LogP) is 3.64. The molecule has 0 fully saturated rings. The molecular formula is C21H18N4O3. The zero-order chi connectivity index (χ0) is 19.5. The summed E-state index contributed by atoms with van der Waals surface area (Å²) in [6, 6.07) is 17.0. The Kier molecular flexibility index (Phi) is 4.72. The molecule has 0 aliphatic carbocycles. The summed E-state index contributed by atoms with van der Waals surface area (Å²) in [7, 11) is 1.60. The summed E-state index contributed by atoms with van der Waals surface area (Å²) < 4.78 is 12.0. The highest BCUT2D eigenvalue weighted by atomic mass is 16.5. The number of benzene rings is 2. The molecule has 0 N–H and O–H groups in total. The summed E-state index contributed by atoms with van der Waals surface area (Å²) in [5.41, 5.74) is 2.54. The molecule has 2 heterocycles. The highest BCUT2D eigenvalue weighted by Crippen LogP contribution is 2.27. The molecule has 7 heteroatoms. The molecule has 7 nitrogen and oxygen atoms in total. The van der Waals surface area contributed by atoms with Gasteiger partial charge in [-0.1, -0.05) is 30.3 Å². The zero-order valence-electron chi connectivity index (χ0n) is 15.5. The SMILES string of the molecule is CCOC(=O)c1cnc2nc(-c3ccccc3)nn2c1-c1ccc(OC)cc1. The average molecular weight is 374 g/mol. The molecule has 0 unspecified atom stereocenters. The smallest absolute Gasteiger partial charge is 0.341 e. The number of hydrogen-bond donors (Lipinski definition) is 0. The fraction of sp³-hybridized carbons (Fsp3) is 0.143. The summed E-state index contributed by atoms with van der Waals surface area (Å²) in [6.45, 7) is 2.03. The second kappa shape index (κ2) is 7.48. The van der Waals surface area contributed by atoms with Crippen LogP contribution in [0.5, 0.6) is 5.75 Å². The highest BCUT2D eigenvalue weighted by Gasteiger charge is 2.21. The van der Waals surface area contributed by atoms with Crippen LogP contribution in [0.2, 0.25) is 0 Å². The van der Waals surface area contributed by atoms with Gasteiger partial charge in [0.25, 0.3) is 5.78 Å². The number of aromatic nitrogens is 4. The van der Waals surface area contributed by atoms with Crippen LogP contribution in [0, 0.1) is 0 Å². The lowest BCUT2D eigenvalue weighted by Gasteiger charge is -2.10. The van der Waals surface area contributed by atoms with Gasteiger partial charge in [0.1, 0.15) is 11.3 Å². The predicted molar refractivity (Wildman–Crippen MR) is 104 cm³/mol. The van der Waals surface area contributed by atoms with Crippen molar-refractivity contribution in [1.29, 1.82) is 0 Å². The molecule has 4 aromatic rings. The summed E-state index contributed by atoms with van der Waals surface area (Å²) >= 11 is 0. The Morgan fingerprint density at radius 2 is 1.79 bits per heavy atom. The molecule has 0 saturated carbocycles. The first kappa shape index (κ1) is 17.7. The number of hydrogen-bond acceptors (Lipinski definition) is 6. The number of fused-ring (bicyclic) bond motifs is 1. The first-order valence-corrected chi connectivity index (χ1v) is 8.84. The van der Waals surface area contributed by atoms with E-state index in [-0.39, 0.29) is 6.61 Å². The molecule has 2 aromatic carbocycles. The van der Waals surface area contributed by atoms with Crippen LogP contribution in [0.15, 0.2) is 60.8 Å². The summed E-state index contributed by atoms with van der Waals surface area (Å²) in [6.07, 6.45) is 1.48. The van der Waals surface area contributed by atoms with Crippen LogP contribution >= 0.6 is 0 Å². The Bertz CT molecular complexity index is 1120. The molecule has 0 aliphatic rings. The molecule has 0 aliphatic heterocycles. The van der Waals surface area contributed by atoms with Crippen molar-refractivity contribution in [3.63, 3.8) is 0 Å². The van der Waals surface area contributed by atoms with Gasteiger partial charge in [0.2, 0.25) is 0 Å². The van der Waals surface area contributed by atoms with Crippen LogP contribution in [0.25, 0.3) is 28.4 Å². The average Bonchev–Trinajstić information content (AvgIpc) is 3.18. The van der Waals surface area contributed by atoms with Crippen LogP contribution in [0.1, 0.15) is 17.3 Å². The number of carbonyl (C=O) groups excluding carboxylic acids is 1. The quantitative estimate of drug-likeness (QED) is 0.496. The maximum Gasteiger partial charge on any atom is 0.341 e. The minimum absolute atomic E-state index is 0.269. The number of methoxy groups -OCH3 is 1. The summed E-state index contributed by atoms with van der Waals surface area (Å²) in [4.78, 5) is 21.4. The van der Waals surface area contributed by atoms with E-state index in [0.29, 0.717) is 22.9 Å². The Labute approximate surface area is 161 Å². The first-order valence-electron chi connectivity index (χ1n) is 8.84. The second-order valence-corrected chi connectivity index (χ2v) is 5.98. The number of carbonyl (C=O) groups is 1. The third-order valence-electron chi connectivity index (χ3n) is 4.26. The van der Waals surface area contributed by atoms with Gasteiger partial charge in [-0.3, -0.25) is 0 Å². The molecule has 0 amide bonds. The van der Waals surface area contributed by atoms with Gasteiger partial charge in [0, 0.05) is 17.3 Å². The molecule has 0 bridgehead atoms. The van der Waals surface area contributed by atoms with E-state index < -0.39 is 5.97 Å². The van der Waals surface area contributed by atoms with Gasteiger partial charge >= 0.3 is 5.97 Å². The van der Waals surface area contributed by atoms with Gasteiger partial charge < -0.3 is 9.47 Å². The van der Waals surface area contributed by atoms with Crippen molar-refractivity contribution in [1.82, 2.24) is 19.6 Å². The Morgan fingerprint density at radius 1 is 1.04 bits per heavy atom. The van der Waals surface area contributed by atoms with Crippen molar-refractivity contribution in [3.05, 3.63) is 66.4 Å². The number of esters is 1. The number of ether oxygens (including phenoxy) is 2. The molecule has 28 heavy (non-hydrogen) atoms. The van der Waals surface area contributed by atoms with E-state index in [2.05, 4.69) is 15.1 Å². The lowest BCUT2D eigenvalue weighted by Crippen LogP contribution is -2.11. The third kappa shape index (κ3) is 3.18. The topological polar surface area (TPSA) is 78.6 Å². The van der Waals surface area contributed by atoms with E-state index in [1.165, 1.54) is 6.20 Å². The maximum atomic E-state index is 12.5. The van der Waals surface area contributed by atoms with Gasteiger partial charge in [-0.15, -0.1) is 5.10 Å². The normalized spacial score (nSPS) is 10.8. The molecule has 0 radical (unpaired) electrons. The maximum absolute atomic E-state index is 12.5. The molecule has 0 spiro atoms. The molecule has 4 rings (SSSR count). The van der Waals surface area contributed by atoms with Crippen LogP contribution in [0.4, 0.5) is 0 Å². The van der Waals surface area contributed by atoms with Crippen molar-refractivity contribution in [2.75, 3.05) is 13.7 Å².